The van der Waals surface area contributed by atoms with Crippen LogP contribution in [0, 0.1) is 6.92 Å². The van der Waals surface area contributed by atoms with Crippen molar-refractivity contribution in [3.8, 4) is 11.5 Å². The van der Waals surface area contributed by atoms with Crippen LogP contribution in [0.3, 0.4) is 0 Å². The molecule has 2 rings (SSSR count). The van der Waals surface area contributed by atoms with Gasteiger partial charge in [-0.1, -0.05) is 29.3 Å². The molecule has 1 aromatic heterocycles. The van der Waals surface area contributed by atoms with Gasteiger partial charge in [-0.2, -0.15) is 0 Å². The monoisotopic (exact) mass is 356 g/mol. The molecule has 23 heavy (non-hydrogen) atoms. The van der Waals surface area contributed by atoms with Crippen LogP contribution in [-0.4, -0.2) is 36.4 Å². The van der Waals surface area contributed by atoms with Crippen LogP contribution in [0.5, 0.6) is 11.5 Å². The van der Waals surface area contributed by atoms with Crippen LogP contribution in [0.25, 0.3) is 0 Å². The molecule has 9 heteroatoms. The number of aromatic nitrogens is 1. The van der Waals surface area contributed by atoms with Gasteiger partial charge in [0.25, 0.3) is 0 Å². The number of aryl methyl sites for hydroxylation is 1. The molecule has 0 amide bonds. The standard InChI is InChI=1S/C14H15BCl2N2O4/c1-7-4-8(15(20)21)14(18-6-7)19-13-11(16)9(22-2)5-10(23-3)12(13)17/h4-6,20-21H,1-3H3,(H,18,19). The first kappa shape index (κ1) is 17.7. The van der Waals surface area contributed by atoms with E-state index in [0.717, 1.165) is 5.56 Å². The zero-order valence-corrected chi connectivity index (χ0v) is 14.2. The van der Waals surface area contributed by atoms with E-state index in [-0.39, 0.29) is 21.3 Å². The van der Waals surface area contributed by atoms with E-state index < -0.39 is 7.12 Å². The third kappa shape index (κ3) is 3.64. The van der Waals surface area contributed by atoms with Crippen LogP contribution < -0.4 is 20.3 Å². The highest BCUT2D eigenvalue weighted by molar-refractivity contribution is 6.60. The molecule has 6 nitrogen and oxygen atoms in total. The zero-order chi connectivity index (χ0) is 17.1. The number of methoxy groups -OCH3 is 2. The summed E-state index contributed by atoms with van der Waals surface area (Å²) in [7, 11) is 1.23. The number of rotatable bonds is 5. The van der Waals surface area contributed by atoms with Crippen molar-refractivity contribution >= 4 is 47.3 Å². The average Bonchev–Trinajstić information content (AvgIpc) is 2.52. The van der Waals surface area contributed by atoms with Crippen LogP contribution in [0.15, 0.2) is 18.3 Å². The summed E-state index contributed by atoms with van der Waals surface area (Å²) in [5, 5.41) is 22.4. The average molecular weight is 357 g/mol. The molecule has 3 N–H and O–H groups in total. The van der Waals surface area contributed by atoms with Gasteiger partial charge in [-0.15, -0.1) is 0 Å². The van der Waals surface area contributed by atoms with Crippen molar-refractivity contribution in [2.45, 2.75) is 6.92 Å². The second-order valence-electron chi connectivity index (χ2n) is 4.73. The molecule has 0 saturated heterocycles. The molecule has 0 aliphatic rings. The number of anilines is 2. The minimum atomic E-state index is -1.70. The maximum absolute atomic E-state index is 9.51. The highest BCUT2D eigenvalue weighted by Gasteiger charge is 2.22. The fourth-order valence-corrected chi connectivity index (χ4v) is 2.60. The summed E-state index contributed by atoms with van der Waals surface area (Å²) >= 11 is 12.6. The van der Waals surface area contributed by atoms with E-state index in [0.29, 0.717) is 17.2 Å². The summed E-state index contributed by atoms with van der Waals surface area (Å²) in [6.07, 6.45) is 1.58. The Balaban J connectivity index is 2.56. The SMILES string of the molecule is COc1cc(OC)c(Cl)c(Nc2ncc(C)cc2B(O)O)c1Cl. The van der Waals surface area contributed by atoms with Gasteiger partial charge >= 0.3 is 7.12 Å². The Kier molecular flexibility index (Phi) is 5.59. The van der Waals surface area contributed by atoms with Gasteiger partial charge in [0.1, 0.15) is 27.4 Å². The number of ether oxygens (including phenoxy) is 2. The third-order valence-corrected chi connectivity index (χ3v) is 3.90. The molecular weight excluding hydrogens is 342 g/mol. The maximum atomic E-state index is 9.51. The summed E-state index contributed by atoms with van der Waals surface area (Å²) in [5.41, 5.74) is 1.26. The molecule has 1 aromatic carbocycles. The predicted octanol–water partition coefficient (Wildman–Crippen LogP) is 2.14. The fraction of sp³-hybridized carbons (Fsp3) is 0.214. The summed E-state index contributed by atoms with van der Waals surface area (Å²) in [6.45, 7) is 1.79. The van der Waals surface area contributed by atoms with Crippen molar-refractivity contribution < 1.29 is 19.5 Å². The lowest BCUT2D eigenvalue weighted by Gasteiger charge is -2.17. The number of nitrogens with one attached hydrogen (secondary N) is 1. The van der Waals surface area contributed by atoms with Gasteiger partial charge in [0.15, 0.2) is 0 Å². The topological polar surface area (TPSA) is 83.8 Å². The quantitative estimate of drug-likeness (QED) is 0.712. The number of benzene rings is 1. The number of hydrogen-bond acceptors (Lipinski definition) is 6. The van der Waals surface area contributed by atoms with Crippen molar-refractivity contribution in [3.63, 3.8) is 0 Å². The van der Waals surface area contributed by atoms with E-state index in [2.05, 4.69) is 10.3 Å². The van der Waals surface area contributed by atoms with Gasteiger partial charge in [-0.05, 0) is 12.5 Å². The van der Waals surface area contributed by atoms with E-state index in [1.807, 2.05) is 0 Å². The largest absolute Gasteiger partial charge is 0.495 e. The van der Waals surface area contributed by atoms with E-state index in [1.165, 1.54) is 14.2 Å². The van der Waals surface area contributed by atoms with Gasteiger partial charge in [-0.3, -0.25) is 0 Å². The Labute approximate surface area is 144 Å². The molecule has 122 valence electrons. The van der Waals surface area contributed by atoms with E-state index in [1.54, 1.807) is 25.3 Å². The normalized spacial score (nSPS) is 10.4. The Morgan fingerprint density at radius 2 is 1.65 bits per heavy atom. The van der Waals surface area contributed by atoms with Crippen molar-refractivity contribution in [1.82, 2.24) is 4.98 Å². The Morgan fingerprint density at radius 3 is 2.13 bits per heavy atom. The van der Waals surface area contributed by atoms with Gasteiger partial charge in [0.05, 0.1) is 19.9 Å². The van der Waals surface area contributed by atoms with Gasteiger partial charge in [-0.25, -0.2) is 4.98 Å². The van der Waals surface area contributed by atoms with Crippen LogP contribution in [0.1, 0.15) is 5.56 Å². The summed E-state index contributed by atoms with van der Waals surface area (Å²) in [6, 6.07) is 3.15. The van der Waals surface area contributed by atoms with Crippen LogP contribution in [0.2, 0.25) is 10.0 Å². The summed E-state index contributed by atoms with van der Waals surface area (Å²) < 4.78 is 10.4. The van der Waals surface area contributed by atoms with Gasteiger partial charge in [0.2, 0.25) is 0 Å². The number of hydrogen-bond donors (Lipinski definition) is 3. The Bertz CT molecular complexity index is 700. The molecule has 0 aliphatic carbocycles. The maximum Gasteiger partial charge on any atom is 0.492 e. The van der Waals surface area contributed by atoms with E-state index in [4.69, 9.17) is 32.7 Å². The molecule has 0 saturated carbocycles. The highest BCUT2D eigenvalue weighted by atomic mass is 35.5. The van der Waals surface area contributed by atoms with Crippen molar-refractivity contribution in [2.75, 3.05) is 19.5 Å². The lowest BCUT2D eigenvalue weighted by atomic mass is 9.80. The lowest BCUT2D eigenvalue weighted by Crippen LogP contribution is -2.33. The van der Waals surface area contributed by atoms with E-state index in [9.17, 15) is 10.0 Å². The van der Waals surface area contributed by atoms with E-state index >= 15 is 0 Å². The first-order valence-electron chi connectivity index (χ1n) is 6.58. The second-order valence-corrected chi connectivity index (χ2v) is 5.49. The van der Waals surface area contributed by atoms with Crippen LogP contribution in [0.4, 0.5) is 11.5 Å². The molecule has 0 unspecified atom stereocenters. The number of nitrogens with zero attached hydrogens (tertiary/aromatic N) is 1. The molecule has 0 aliphatic heterocycles. The minimum absolute atomic E-state index is 0.193. The molecular formula is C14H15BCl2N2O4. The molecule has 0 spiro atoms. The summed E-state index contributed by atoms with van der Waals surface area (Å²) in [4.78, 5) is 4.16. The third-order valence-electron chi connectivity index (χ3n) is 3.15. The lowest BCUT2D eigenvalue weighted by molar-refractivity contribution is 0.395. The highest BCUT2D eigenvalue weighted by Crippen LogP contribution is 2.44. The second kappa shape index (κ2) is 7.27. The fourth-order valence-electron chi connectivity index (χ4n) is 2.01. The molecule has 0 atom stereocenters. The Morgan fingerprint density at radius 1 is 1.09 bits per heavy atom. The predicted molar refractivity (Wildman–Crippen MR) is 91.6 cm³/mol. The zero-order valence-electron chi connectivity index (χ0n) is 12.7. The molecule has 2 aromatic rings. The minimum Gasteiger partial charge on any atom is -0.495 e. The van der Waals surface area contributed by atoms with Crippen molar-refractivity contribution in [2.24, 2.45) is 0 Å². The number of pyridine rings is 1. The molecule has 0 fully saturated rings. The van der Waals surface area contributed by atoms with Crippen molar-refractivity contribution in [1.29, 1.82) is 0 Å². The molecule has 0 bridgehead atoms. The van der Waals surface area contributed by atoms with Crippen LogP contribution in [-0.2, 0) is 0 Å². The summed E-state index contributed by atoms with van der Waals surface area (Å²) in [5.74, 6) is 0.923. The van der Waals surface area contributed by atoms with Gasteiger partial charge < -0.3 is 24.8 Å². The molecule has 1 heterocycles. The van der Waals surface area contributed by atoms with Gasteiger partial charge in [0, 0.05) is 17.7 Å². The van der Waals surface area contributed by atoms with Crippen molar-refractivity contribution in [3.05, 3.63) is 33.9 Å². The smallest absolute Gasteiger partial charge is 0.492 e. The first-order valence-corrected chi connectivity index (χ1v) is 7.34. The first-order chi connectivity index (χ1) is 10.9. The molecule has 0 radical (unpaired) electrons. The number of halogens is 2. The Hall–Kier alpha value is -1.67. The van der Waals surface area contributed by atoms with Crippen LogP contribution >= 0.6 is 23.2 Å².